The smallest absolute Gasteiger partial charge is 0.330 e. The first-order chi connectivity index (χ1) is 9.47. The van der Waals surface area contributed by atoms with Crippen LogP contribution in [0.3, 0.4) is 0 Å². The van der Waals surface area contributed by atoms with Gasteiger partial charge in [-0.1, -0.05) is 32.4 Å². The van der Waals surface area contributed by atoms with Gasteiger partial charge >= 0.3 is 5.97 Å². The molecule has 0 fully saturated rings. The molecular weight excluding hydrogens is 292 g/mol. The summed E-state index contributed by atoms with van der Waals surface area (Å²) in [6.07, 6.45) is 0. The van der Waals surface area contributed by atoms with Gasteiger partial charge in [0.1, 0.15) is 10.7 Å². The minimum absolute atomic E-state index is 0.238. The summed E-state index contributed by atoms with van der Waals surface area (Å²) in [5, 5.41) is 2.87. The molecule has 1 rings (SSSR count). The second-order valence-corrected chi connectivity index (χ2v) is 6.77. The molecule has 0 aliphatic heterocycles. The number of rotatable bonds is 3. The van der Waals surface area contributed by atoms with Crippen LogP contribution in [0.1, 0.15) is 50.7 Å². The molecule has 0 aromatic carbocycles. The van der Waals surface area contributed by atoms with Crippen molar-refractivity contribution in [3.63, 3.8) is 0 Å². The second-order valence-electron chi connectivity index (χ2n) is 6.38. The number of hydrogen-bond donors (Lipinski definition) is 1. The van der Waals surface area contributed by atoms with Crippen LogP contribution in [0.2, 0.25) is 5.15 Å². The molecule has 5 nitrogen and oxygen atoms in total. The van der Waals surface area contributed by atoms with E-state index >= 15 is 0 Å². The van der Waals surface area contributed by atoms with Gasteiger partial charge in [0, 0.05) is 16.7 Å². The lowest BCUT2D eigenvalue weighted by molar-refractivity contribution is -0.146. The lowest BCUT2D eigenvalue weighted by atomic mass is 9.90. The van der Waals surface area contributed by atoms with E-state index in [0.29, 0.717) is 11.3 Å². The van der Waals surface area contributed by atoms with E-state index in [4.69, 9.17) is 11.6 Å². The van der Waals surface area contributed by atoms with Crippen LogP contribution < -0.4 is 5.32 Å². The number of carbonyl (C=O) groups excluding carboxylic acids is 2. The molecule has 0 radical (unpaired) electrons. The molecule has 6 heteroatoms. The summed E-state index contributed by atoms with van der Waals surface area (Å²) in [5.41, 5.74) is -0.297. The number of nitrogens with zero attached hydrogens (tertiary/aromatic N) is 1. The van der Waals surface area contributed by atoms with Crippen LogP contribution in [-0.4, -0.2) is 29.5 Å². The average molecular weight is 313 g/mol. The SMILES string of the molecule is COC(=O)C(C)(C)NC(=O)c1cc(Cl)nc(C(C)(C)C)c1. The van der Waals surface area contributed by atoms with Crippen molar-refractivity contribution in [2.45, 2.75) is 45.6 Å². The van der Waals surface area contributed by atoms with Crippen molar-refractivity contribution in [3.05, 3.63) is 28.5 Å². The summed E-state index contributed by atoms with van der Waals surface area (Å²) in [5.74, 6) is -0.924. The molecule has 0 unspecified atom stereocenters. The Hall–Kier alpha value is -1.62. The number of ether oxygens (including phenoxy) is 1. The lowest BCUT2D eigenvalue weighted by Gasteiger charge is -2.24. The van der Waals surface area contributed by atoms with E-state index in [2.05, 4.69) is 15.0 Å². The average Bonchev–Trinajstić information content (AvgIpc) is 2.35. The Labute approximate surface area is 130 Å². The first-order valence-corrected chi connectivity index (χ1v) is 6.94. The Morgan fingerprint density at radius 2 is 1.76 bits per heavy atom. The molecule has 0 aliphatic rings. The summed E-state index contributed by atoms with van der Waals surface area (Å²) in [7, 11) is 1.28. The summed E-state index contributed by atoms with van der Waals surface area (Å²) >= 11 is 5.98. The quantitative estimate of drug-likeness (QED) is 0.688. The molecule has 1 heterocycles. The number of nitrogens with one attached hydrogen (secondary N) is 1. The molecule has 1 aromatic heterocycles. The third-order valence-corrected chi connectivity index (χ3v) is 3.14. The van der Waals surface area contributed by atoms with Crippen molar-refractivity contribution in [1.82, 2.24) is 10.3 Å². The second kappa shape index (κ2) is 6.02. The fourth-order valence-corrected chi connectivity index (χ4v) is 1.88. The molecule has 0 spiro atoms. The third-order valence-electron chi connectivity index (χ3n) is 2.95. The van der Waals surface area contributed by atoms with Crippen molar-refractivity contribution in [2.24, 2.45) is 0 Å². The number of hydrogen-bond acceptors (Lipinski definition) is 4. The normalized spacial score (nSPS) is 12.0. The van der Waals surface area contributed by atoms with E-state index in [9.17, 15) is 9.59 Å². The van der Waals surface area contributed by atoms with Crippen molar-refractivity contribution in [1.29, 1.82) is 0 Å². The van der Waals surface area contributed by atoms with Crippen LogP contribution in [0, 0.1) is 0 Å². The molecule has 0 bridgehead atoms. The molecule has 0 saturated carbocycles. The Morgan fingerprint density at radius 3 is 2.24 bits per heavy atom. The van der Waals surface area contributed by atoms with Crippen molar-refractivity contribution in [3.8, 4) is 0 Å². The van der Waals surface area contributed by atoms with Gasteiger partial charge in [0.2, 0.25) is 0 Å². The molecule has 1 N–H and O–H groups in total. The fourth-order valence-electron chi connectivity index (χ4n) is 1.67. The van der Waals surface area contributed by atoms with Gasteiger partial charge < -0.3 is 10.1 Å². The van der Waals surface area contributed by atoms with Gasteiger partial charge in [-0.15, -0.1) is 0 Å². The Morgan fingerprint density at radius 1 is 1.19 bits per heavy atom. The largest absolute Gasteiger partial charge is 0.467 e. The monoisotopic (exact) mass is 312 g/mol. The molecule has 0 aliphatic carbocycles. The molecule has 0 atom stereocenters. The number of methoxy groups -OCH3 is 1. The first-order valence-electron chi connectivity index (χ1n) is 6.56. The maximum atomic E-state index is 12.3. The van der Waals surface area contributed by atoms with E-state index in [1.54, 1.807) is 19.9 Å². The van der Waals surface area contributed by atoms with Crippen LogP contribution in [0.5, 0.6) is 0 Å². The van der Waals surface area contributed by atoms with Gasteiger partial charge in [-0.05, 0) is 26.0 Å². The van der Waals surface area contributed by atoms with E-state index in [0.717, 1.165) is 0 Å². The summed E-state index contributed by atoms with van der Waals surface area (Å²) < 4.78 is 4.66. The van der Waals surface area contributed by atoms with Gasteiger partial charge in [0.25, 0.3) is 5.91 Å². The van der Waals surface area contributed by atoms with Crippen LogP contribution in [-0.2, 0) is 14.9 Å². The molecule has 21 heavy (non-hydrogen) atoms. The highest BCUT2D eigenvalue weighted by molar-refractivity contribution is 6.29. The molecule has 1 aromatic rings. The predicted molar refractivity (Wildman–Crippen MR) is 81.5 cm³/mol. The third kappa shape index (κ3) is 4.43. The first kappa shape index (κ1) is 17.4. The van der Waals surface area contributed by atoms with E-state index in [-0.39, 0.29) is 10.6 Å². The van der Waals surface area contributed by atoms with Gasteiger partial charge in [-0.3, -0.25) is 4.79 Å². The van der Waals surface area contributed by atoms with E-state index < -0.39 is 17.4 Å². The van der Waals surface area contributed by atoms with Gasteiger partial charge in [-0.25, -0.2) is 9.78 Å². The summed E-state index contributed by atoms with van der Waals surface area (Å²) in [6.45, 7) is 9.08. The Bertz CT molecular complexity index is 563. The predicted octanol–water partition coefficient (Wildman–Crippen LogP) is 2.71. The highest BCUT2D eigenvalue weighted by Crippen LogP contribution is 2.23. The van der Waals surface area contributed by atoms with Crippen molar-refractivity contribution in [2.75, 3.05) is 7.11 Å². The number of pyridine rings is 1. The van der Waals surface area contributed by atoms with Crippen LogP contribution in [0.25, 0.3) is 0 Å². The molecule has 0 saturated heterocycles. The van der Waals surface area contributed by atoms with Crippen LogP contribution in [0.4, 0.5) is 0 Å². The maximum absolute atomic E-state index is 12.3. The van der Waals surface area contributed by atoms with Crippen molar-refractivity contribution >= 4 is 23.5 Å². The van der Waals surface area contributed by atoms with Gasteiger partial charge in [-0.2, -0.15) is 0 Å². The minimum Gasteiger partial charge on any atom is -0.467 e. The van der Waals surface area contributed by atoms with E-state index in [1.807, 2.05) is 20.8 Å². The molecular formula is C15H21ClN2O3. The molecule has 116 valence electrons. The minimum atomic E-state index is -1.12. The maximum Gasteiger partial charge on any atom is 0.330 e. The summed E-state index contributed by atoms with van der Waals surface area (Å²) in [6, 6.07) is 3.15. The zero-order chi connectivity index (χ0) is 16.4. The number of aromatic nitrogens is 1. The fraction of sp³-hybridized carbons (Fsp3) is 0.533. The van der Waals surface area contributed by atoms with E-state index in [1.165, 1.54) is 13.2 Å². The zero-order valence-electron chi connectivity index (χ0n) is 13.2. The Balaban J connectivity index is 3.09. The van der Waals surface area contributed by atoms with Crippen LogP contribution in [0.15, 0.2) is 12.1 Å². The van der Waals surface area contributed by atoms with Crippen LogP contribution >= 0.6 is 11.6 Å². The highest BCUT2D eigenvalue weighted by atomic mass is 35.5. The number of esters is 1. The van der Waals surface area contributed by atoms with Gasteiger partial charge in [0.15, 0.2) is 0 Å². The molecule has 1 amide bonds. The van der Waals surface area contributed by atoms with Crippen molar-refractivity contribution < 1.29 is 14.3 Å². The number of amides is 1. The Kier molecular flexibility index (Phi) is 4.99. The van der Waals surface area contributed by atoms with Gasteiger partial charge in [0.05, 0.1) is 7.11 Å². The standard InChI is InChI=1S/C15H21ClN2O3/c1-14(2,3)10-7-9(8-11(16)17-10)12(19)18-15(4,5)13(20)21-6/h7-8H,1-6H3,(H,18,19). The number of carbonyl (C=O) groups is 2. The highest BCUT2D eigenvalue weighted by Gasteiger charge is 2.31. The zero-order valence-corrected chi connectivity index (χ0v) is 14.0. The summed E-state index contributed by atoms with van der Waals surface area (Å²) in [4.78, 5) is 28.2. The lowest BCUT2D eigenvalue weighted by Crippen LogP contribution is -2.50. The topological polar surface area (TPSA) is 68.3 Å². The number of halogens is 1.